The molecule has 0 N–H and O–H groups in total. The molecule has 3 heteroatoms. The number of anilines is 1. The topological polar surface area (TPSA) is 7.12 Å². The predicted octanol–water partition coefficient (Wildman–Crippen LogP) is 1.38. The van der Waals surface area contributed by atoms with Crippen LogP contribution < -0.4 is 9.47 Å². The molecule has 1 aromatic rings. The summed E-state index contributed by atoms with van der Waals surface area (Å²) in [7, 11) is 4.15. The Balaban J connectivity index is 2.68. The number of rotatable bonds is 3. The zero-order valence-corrected chi connectivity index (χ0v) is 9.65. The zero-order chi connectivity index (χ0) is 8.97. The van der Waals surface area contributed by atoms with Crippen LogP contribution in [0.4, 0.5) is 5.69 Å². The fourth-order valence-electron chi connectivity index (χ4n) is 1.00. The van der Waals surface area contributed by atoms with E-state index in [1.54, 1.807) is 0 Å². The molecule has 0 spiro atoms. The normalized spacial score (nSPS) is 9.92. The molecule has 0 saturated carbocycles. The van der Waals surface area contributed by atoms with Gasteiger partial charge >= 0.3 is 0 Å². The fraction of sp³-hybridized carbons (Fsp3) is 0.444. The molecule has 0 amide bonds. The highest BCUT2D eigenvalue weighted by Gasteiger charge is 2.00. The number of alkyl halides is 1. The van der Waals surface area contributed by atoms with Crippen molar-refractivity contribution >= 4 is 28.3 Å². The minimum atomic E-state index is 1.11. The van der Waals surface area contributed by atoms with Crippen LogP contribution in [0.25, 0.3) is 0 Å². The largest absolute Gasteiger partial charge is 0.373 e. The maximum absolute atomic E-state index is 2.39. The molecule has 0 bridgehead atoms. The average molecular weight is 277 g/mol. The summed E-state index contributed by atoms with van der Waals surface area (Å²) < 4.78 is 3.21. The molecular formula is C9H14IN2+. The van der Waals surface area contributed by atoms with Gasteiger partial charge in [0.1, 0.15) is 7.05 Å². The van der Waals surface area contributed by atoms with Gasteiger partial charge in [-0.3, -0.25) is 0 Å². The van der Waals surface area contributed by atoms with E-state index in [4.69, 9.17) is 0 Å². The van der Waals surface area contributed by atoms with Crippen LogP contribution in [0.2, 0.25) is 0 Å². The number of halogens is 1. The highest BCUT2D eigenvalue weighted by molar-refractivity contribution is 14.1. The molecule has 66 valence electrons. The summed E-state index contributed by atoms with van der Waals surface area (Å²) in [6.45, 7) is 1.11. The third kappa shape index (κ3) is 2.62. The molecule has 1 aromatic heterocycles. The van der Waals surface area contributed by atoms with E-state index < -0.39 is 0 Å². The first kappa shape index (κ1) is 9.77. The van der Waals surface area contributed by atoms with Crippen LogP contribution in [-0.2, 0) is 7.05 Å². The van der Waals surface area contributed by atoms with Gasteiger partial charge in [0.2, 0.25) is 0 Å². The quantitative estimate of drug-likeness (QED) is 0.460. The van der Waals surface area contributed by atoms with Crippen LogP contribution in [0.15, 0.2) is 24.5 Å². The SMILES string of the molecule is CN(CCI)c1cc[n+](C)cc1. The van der Waals surface area contributed by atoms with Crippen molar-refractivity contribution in [2.24, 2.45) is 7.05 Å². The van der Waals surface area contributed by atoms with Crippen molar-refractivity contribution < 1.29 is 4.57 Å². The molecule has 2 nitrogen and oxygen atoms in total. The van der Waals surface area contributed by atoms with Crippen LogP contribution in [0.5, 0.6) is 0 Å². The van der Waals surface area contributed by atoms with E-state index in [1.807, 2.05) is 11.6 Å². The van der Waals surface area contributed by atoms with Gasteiger partial charge in [-0.05, 0) is 0 Å². The van der Waals surface area contributed by atoms with E-state index in [1.165, 1.54) is 5.69 Å². The van der Waals surface area contributed by atoms with E-state index >= 15 is 0 Å². The number of aryl methyl sites for hydroxylation is 1. The molecule has 0 saturated heterocycles. The fourth-order valence-corrected chi connectivity index (χ4v) is 1.73. The molecular weight excluding hydrogens is 263 g/mol. The van der Waals surface area contributed by atoms with Crippen LogP contribution >= 0.6 is 22.6 Å². The Hall–Kier alpha value is -0.320. The van der Waals surface area contributed by atoms with Crippen molar-refractivity contribution in [1.82, 2.24) is 0 Å². The van der Waals surface area contributed by atoms with E-state index in [0.717, 1.165) is 11.0 Å². The summed E-state index contributed by atoms with van der Waals surface area (Å²) in [5.41, 5.74) is 1.28. The monoisotopic (exact) mass is 277 g/mol. The van der Waals surface area contributed by atoms with E-state index in [-0.39, 0.29) is 0 Å². The Morgan fingerprint density at radius 2 is 2.00 bits per heavy atom. The lowest BCUT2D eigenvalue weighted by Gasteiger charge is -2.16. The van der Waals surface area contributed by atoms with Gasteiger partial charge in [-0.15, -0.1) is 0 Å². The number of aromatic nitrogens is 1. The lowest BCUT2D eigenvalue weighted by atomic mass is 10.3. The summed E-state index contributed by atoms with van der Waals surface area (Å²) in [4.78, 5) is 2.26. The first-order chi connectivity index (χ1) is 5.74. The molecule has 0 aliphatic carbocycles. The molecule has 12 heavy (non-hydrogen) atoms. The van der Waals surface area contributed by atoms with E-state index in [0.29, 0.717) is 0 Å². The van der Waals surface area contributed by atoms with Crippen LogP contribution in [-0.4, -0.2) is 18.0 Å². The predicted molar refractivity (Wildman–Crippen MR) is 59.8 cm³/mol. The number of hydrogen-bond donors (Lipinski definition) is 0. The van der Waals surface area contributed by atoms with Crippen molar-refractivity contribution in [2.75, 3.05) is 22.9 Å². The summed E-state index contributed by atoms with van der Waals surface area (Å²) in [6.07, 6.45) is 4.14. The van der Waals surface area contributed by atoms with Crippen LogP contribution in [0.1, 0.15) is 0 Å². The zero-order valence-electron chi connectivity index (χ0n) is 7.50. The third-order valence-corrected chi connectivity index (χ3v) is 2.30. The molecule has 0 atom stereocenters. The molecule has 0 fully saturated rings. The van der Waals surface area contributed by atoms with Crippen molar-refractivity contribution in [3.63, 3.8) is 0 Å². The second-order valence-electron chi connectivity index (χ2n) is 2.83. The molecule has 0 aliphatic heterocycles. The third-order valence-electron chi connectivity index (χ3n) is 1.82. The summed E-state index contributed by atoms with van der Waals surface area (Å²) in [6, 6.07) is 4.26. The summed E-state index contributed by atoms with van der Waals surface area (Å²) in [5, 5.41) is 0. The number of pyridine rings is 1. The van der Waals surface area contributed by atoms with Gasteiger partial charge in [0.25, 0.3) is 0 Å². The summed E-state index contributed by atoms with van der Waals surface area (Å²) >= 11 is 2.39. The van der Waals surface area contributed by atoms with Gasteiger partial charge in [-0.25, -0.2) is 4.57 Å². The Morgan fingerprint density at radius 3 is 2.50 bits per heavy atom. The molecule has 1 rings (SSSR count). The van der Waals surface area contributed by atoms with Gasteiger partial charge in [0, 0.05) is 35.8 Å². The second kappa shape index (κ2) is 4.64. The smallest absolute Gasteiger partial charge is 0.170 e. The lowest BCUT2D eigenvalue weighted by molar-refractivity contribution is -0.671. The van der Waals surface area contributed by atoms with Gasteiger partial charge in [-0.1, -0.05) is 22.6 Å². The van der Waals surface area contributed by atoms with Crippen LogP contribution in [0.3, 0.4) is 0 Å². The van der Waals surface area contributed by atoms with Gasteiger partial charge in [0.15, 0.2) is 12.4 Å². The van der Waals surface area contributed by atoms with Gasteiger partial charge < -0.3 is 4.90 Å². The number of nitrogens with zero attached hydrogens (tertiary/aromatic N) is 2. The number of hydrogen-bond acceptors (Lipinski definition) is 1. The maximum Gasteiger partial charge on any atom is 0.170 e. The van der Waals surface area contributed by atoms with Gasteiger partial charge in [0.05, 0.1) is 0 Å². The van der Waals surface area contributed by atoms with E-state index in [2.05, 4.69) is 59.1 Å². The Labute approximate surface area is 87.3 Å². The Morgan fingerprint density at radius 1 is 1.42 bits per heavy atom. The first-order valence-corrected chi connectivity index (χ1v) is 5.49. The molecule has 0 radical (unpaired) electrons. The molecule has 0 aliphatic rings. The average Bonchev–Trinajstić information content (AvgIpc) is 2.06. The standard InChI is InChI=1S/C9H14IN2/c1-11-6-3-9(4-7-11)12(2)8-5-10/h3-4,6-7H,5,8H2,1-2H3/q+1. The van der Waals surface area contributed by atoms with Crippen molar-refractivity contribution in [3.05, 3.63) is 24.5 Å². The van der Waals surface area contributed by atoms with Crippen molar-refractivity contribution in [1.29, 1.82) is 0 Å². The van der Waals surface area contributed by atoms with E-state index in [9.17, 15) is 0 Å². The van der Waals surface area contributed by atoms with Crippen molar-refractivity contribution in [3.8, 4) is 0 Å². The lowest BCUT2D eigenvalue weighted by Crippen LogP contribution is -2.27. The van der Waals surface area contributed by atoms with Crippen molar-refractivity contribution in [2.45, 2.75) is 0 Å². The minimum Gasteiger partial charge on any atom is -0.373 e. The second-order valence-corrected chi connectivity index (χ2v) is 3.91. The molecule has 0 aromatic carbocycles. The van der Waals surface area contributed by atoms with Gasteiger partial charge in [-0.2, -0.15) is 0 Å². The molecule has 1 heterocycles. The highest BCUT2D eigenvalue weighted by atomic mass is 127. The summed E-state index contributed by atoms with van der Waals surface area (Å²) in [5.74, 6) is 0. The molecule has 0 unspecified atom stereocenters. The Kier molecular flexibility index (Phi) is 3.78. The Bertz CT molecular complexity index is 233. The minimum absolute atomic E-state index is 1.11. The maximum atomic E-state index is 2.39. The first-order valence-electron chi connectivity index (χ1n) is 3.96. The highest BCUT2D eigenvalue weighted by Crippen LogP contribution is 2.08. The van der Waals surface area contributed by atoms with Crippen LogP contribution in [0, 0.1) is 0 Å².